The number of halogens is 1. The summed E-state index contributed by atoms with van der Waals surface area (Å²) in [4.78, 5) is 4.22. The molecule has 0 aromatic carbocycles. The van der Waals surface area contributed by atoms with Crippen molar-refractivity contribution < 1.29 is 0 Å². The Kier molecular flexibility index (Phi) is 1.47. The van der Waals surface area contributed by atoms with Crippen LogP contribution in [0.4, 0.5) is 0 Å². The molecule has 0 amide bonds. The predicted octanol–water partition coefficient (Wildman–Crippen LogP) is 2.60. The van der Waals surface area contributed by atoms with Gasteiger partial charge < -0.3 is 0 Å². The number of fused-ring (bicyclic) bond motifs is 1. The van der Waals surface area contributed by atoms with E-state index < -0.39 is 0 Å². The number of nitrogens with zero attached hydrogens (tertiary/aromatic N) is 2. The van der Waals surface area contributed by atoms with Crippen molar-refractivity contribution in [1.82, 2.24) is 15.2 Å². The fourth-order valence-corrected chi connectivity index (χ4v) is 1.91. The number of pyridine rings is 1. The molecule has 0 spiro atoms. The van der Waals surface area contributed by atoms with Crippen molar-refractivity contribution in [3.63, 3.8) is 0 Å². The van der Waals surface area contributed by atoms with Gasteiger partial charge in [0.15, 0.2) is 5.65 Å². The van der Waals surface area contributed by atoms with E-state index in [0.29, 0.717) is 5.92 Å². The maximum atomic E-state index is 4.22. The van der Waals surface area contributed by atoms with Gasteiger partial charge in [0.05, 0.1) is 0 Å². The Morgan fingerprint density at radius 1 is 1.46 bits per heavy atom. The molecule has 3 nitrogen and oxygen atoms in total. The maximum Gasteiger partial charge on any atom is 0.181 e. The van der Waals surface area contributed by atoms with Crippen LogP contribution in [0.3, 0.4) is 0 Å². The third-order valence-corrected chi connectivity index (χ3v) is 2.82. The molecule has 0 bridgehead atoms. The van der Waals surface area contributed by atoms with Crippen LogP contribution in [0.5, 0.6) is 0 Å². The van der Waals surface area contributed by atoms with Gasteiger partial charge >= 0.3 is 0 Å². The molecule has 0 aliphatic heterocycles. The van der Waals surface area contributed by atoms with Crippen molar-refractivity contribution in [2.75, 3.05) is 0 Å². The first-order chi connectivity index (χ1) is 6.34. The van der Waals surface area contributed by atoms with Crippen LogP contribution in [0.1, 0.15) is 24.5 Å². The molecular weight excluding hydrogens is 230 g/mol. The average Bonchev–Trinajstić information content (AvgIpc) is 2.87. The van der Waals surface area contributed by atoms with E-state index in [1.807, 2.05) is 0 Å². The molecule has 0 radical (unpaired) electrons. The number of hydrogen-bond donors (Lipinski definition) is 1. The van der Waals surface area contributed by atoms with Gasteiger partial charge in [-0.1, -0.05) is 0 Å². The van der Waals surface area contributed by atoms with Crippen LogP contribution in [-0.2, 0) is 0 Å². The molecule has 2 aromatic rings. The highest BCUT2D eigenvalue weighted by Crippen LogP contribution is 2.41. The Hall–Kier alpha value is -0.900. The van der Waals surface area contributed by atoms with Gasteiger partial charge in [-0.15, -0.1) is 0 Å². The minimum absolute atomic E-state index is 0.695. The first-order valence-corrected chi connectivity index (χ1v) is 5.13. The van der Waals surface area contributed by atoms with Gasteiger partial charge in [-0.2, -0.15) is 5.10 Å². The molecule has 13 heavy (non-hydrogen) atoms. The highest BCUT2D eigenvalue weighted by Gasteiger charge is 2.27. The van der Waals surface area contributed by atoms with Gasteiger partial charge in [-0.3, -0.25) is 5.10 Å². The third-order valence-electron chi connectivity index (χ3n) is 2.39. The van der Waals surface area contributed by atoms with Crippen LogP contribution in [0.25, 0.3) is 11.0 Å². The molecule has 0 atom stereocenters. The SMILES string of the molecule is Brc1cnc2n[nH]c(C3CC3)c2c1. The minimum atomic E-state index is 0.695. The van der Waals surface area contributed by atoms with Gasteiger partial charge in [0, 0.05) is 27.7 Å². The second kappa shape index (κ2) is 2.54. The highest BCUT2D eigenvalue weighted by atomic mass is 79.9. The van der Waals surface area contributed by atoms with Crippen molar-refractivity contribution in [2.24, 2.45) is 0 Å². The van der Waals surface area contributed by atoms with Crippen molar-refractivity contribution in [3.8, 4) is 0 Å². The van der Waals surface area contributed by atoms with Crippen molar-refractivity contribution >= 4 is 27.0 Å². The average molecular weight is 238 g/mol. The normalized spacial score (nSPS) is 16.7. The lowest BCUT2D eigenvalue weighted by Crippen LogP contribution is -1.79. The molecule has 1 N–H and O–H groups in total. The lowest BCUT2D eigenvalue weighted by atomic mass is 10.2. The molecule has 1 fully saturated rings. The molecule has 0 saturated heterocycles. The van der Waals surface area contributed by atoms with Gasteiger partial charge in [-0.05, 0) is 34.8 Å². The van der Waals surface area contributed by atoms with E-state index >= 15 is 0 Å². The summed E-state index contributed by atoms with van der Waals surface area (Å²) in [6, 6.07) is 2.08. The summed E-state index contributed by atoms with van der Waals surface area (Å²) < 4.78 is 1.02. The van der Waals surface area contributed by atoms with Crippen molar-refractivity contribution in [2.45, 2.75) is 18.8 Å². The topological polar surface area (TPSA) is 41.6 Å². The first kappa shape index (κ1) is 7.50. The molecule has 66 valence electrons. The Labute approximate surface area is 83.7 Å². The molecule has 4 heteroatoms. The standard InChI is InChI=1S/C9H8BrN3/c10-6-3-7-8(5-1-2-5)12-13-9(7)11-4-6/h3-5H,1-2H2,(H,11,12,13). The fraction of sp³-hybridized carbons (Fsp3) is 0.333. The quantitative estimate of drug-likeness (QED) is 0.829. The number of rotatable bonds is 1. The number of aromatic nitrogens is 3. The summed E-state index contributed by atoms with van der Waals surface area (Å²) in [6.07, 6.45) is 4.34. The van der Waals surface area contributed by atoms with E-state index in [1.165, 1.54) is 18.5 Å². The summed E-state index contributed by atoms with van der Waals surface area (Å²) in [6.45, 7) is 0. The summed E-state index contributed by atoms with van der Waals surface area (Å²) in [7, 11) is 0. The zero-order chi connectivity index (χ0) is 8.84. The molecule has 1 aliphatic carbocycles. The molecule has 1 saturated carbocycles. The van der Waals surface area contributed by atoms with E-state index in [-0.39, 0.29) is 0 Å². The van der Waals surface area contributed by atoms with Crippen LogP contribution >= 0.6 is 15.9 Å². The monoisotopic (exact) mass is 237 g/mol. The molecule has 1 aliphatic rings. The van der Waals surface area contributed by atoms with E-state index in [0.717, 1.165) is 15.5 Å². The fourth-order valence-electron chi connectivity index (χ4n) is 1.58. The Morgan fingerprint density at radius 3 is 3.08 bits per heavy atom. The smallest absolute Gasteiger partial charge is 0.181 e. The lowest BCUT2D eigenvalue weighted by Gasteiger charge is -1.93. The largest absolute Gasteiger partial charge is 0.279 e. The van der Waals surface area contributed by atoms with Crippen LogP contribution in [0, 0.1) is 0 Å². The Morgan fingerprint density at radius 2 is 2.31 bits per heavy atom. The van der Waals surface area contributed by atoms with E-state index in [1.54, 1.807) is 6.20 Å². The van der Waals surface area contributed by atoms with E-state index in [2.05, 4.69) is 37.2 Å². The second-order valence-corrected chi connectivity index (χ2v) is 4.35. The predicted molar refractivity (Wildman–Crippen MR) is 53.6 cm³/mol. The number of hydrogen-bond acceptors (Lipinski definition) is 2. The van der Waals surface area contributed by atoms with E-state index in [9.17, 15) is 0 Å². The van der Waals surface area contributed by atoms with Gasteiger partial charge in [0.25, 0.3) is 0 Å². The maximum absolute atomic E-state index is 4.22. The zero-order valence-electron chi connectivity index (χ0n) is 6.92. The van der Waals surface area contributed by atoms with Gasteiger partial charge in [0.2, 0.25) is 0 Å². The van der Waals surface area contributed by atoms with Gasteiger partial charge in [-0.25, -0.2) is 4.98 Å². The van der Waals surface area contributed by atoms with Crippen molar-refractivity contribution in [1.29, 1.82) is 0 Å². The molecule has 2 aromatic heterocycles. The molecule has 2 heterocycles. The van der Waals surface area contributed by atoms with E-state index in [4.69, 9.17) is 0 Å². The van der Waals surface area contributed by atoms with Crippen molar-refractivity contribution in [3.05, 3.63) is 22.4 Å². The summed E-state index contributed by atoms with van der Waals surface area (Å²) in [5.41, 5.74) is 2.08. The zero-order valence-corrected chi connectivity index (χ0v) is 8.50. The number of H-pyrrole nitrogens is 1. The highest BCUT2D eigenvalue weighted by molar-refractivity contribution is 9.10. The first-order valence-electron chi connectivity index (χ1n) is 4.34. The summed E-state index contributed by atoms with van der Waals surface area (Å²) >= 11 is 3.42. The lowest BCUT2D eigenvalue weighted by molar-refractivity contribution is 0.974. The van der Waals surface area contributed by atoms with Gasteiger partial charge in [0.1, 0.15) is 0 Å². The number of nitrogens with one attached hydrogen (secondary N) is 1. The molecule has 3 rings (SSSR count). The van der Waals surface area contributed by atoms with Crippen LogP contribution < -0.4 is 0 Å². The van der Waals surface area contributed by atoms with Crippen LogP contribution in [0.15, 0.2) is 16.7 Å². The van der Waals surface area contributed by atoms with Crippen LogP contribution in [0.2, 0.25) is 0 Å². The summed E-state index contributed by atoms with van der Waals surface area (Å²) in [5, 5.41) is 8.40. The minimum Gasteiger partial charge on any atom is -0.279 e. The molecular formula is C9H8BrN3. The van der Waals surface area contributed by atoms with Crippen LogP contribution in [-0.4, -0.2) is 15.2 Å². The number of aromatic amines is 1. The Balaban J connectivity index is 2.29. The summed E-state index contributed by atoms with van der Waals surface area (Å²) in [5.74, 6) is 0.695. The second-order valence-electron chi connectivity index (χ2n) is 3.44. The third kappa shape index (κ3) is 1.16. The molecule has 0 unspecified atom stereocenters. The Bertz CT molecular complexity index is 459.